The fourth-order valence-corrected chi connectivity index (χ4v) is 3.36. The summed E-state index contributed by atoms with van der Waals surface area (Å²) in [6, 6.07) is 26.0. The summed E-state index contributed by atoms with van der Waals surface area (Å²) in [5.74, 6) is 1.61. The highest BCUT2D eigenvalue weighted by Crippen LogP contribution is 2.25. The van der Waals surface area contributed by atoms with E-state index in [0.29, 0.717) is 5.02 Å². The quantitative estimate of drug-likeness (QED) is 0.391. The molecule has 0 fully saturated rings. The SMILES string of the molecule is COc1ccc(-c2cc(=[NH+]CCc3ccccc3)c3cc(Cl)ccc3o2)cc1.[O-][Cl+3]([O-])([O-])[O-]. The molecule has 0 radical (unpaired) electrons. The van der Waals surface area contributed by atoms with Gasteiger partial charge >= 0.3 is 0 Å². The maximum Gasteiger partial charge on any atom is 0.213 e. The number of ether oxygens (including phenoxy) is 1. The summed E-state index contributed by atoms with van der Waals surface area (Å²) in [5, 5.41) is 2.66. The van der Waals surface area contributed by atoms with Crippen LogP contribution in [0.3, 0.4) is 0 Å². The van der Waals surface area contributed by atoms with Gasteiger partial charge in [-0.05, 0) is 48.0 Å². The van der Waals surface area contributed by atoms with Crippen LogP contribution in [0.2, 0.25) is 5.02 Å². The number of methoxy groups -OCH3 is 1. The maximum atomic E-state index is 8.49. The Balaban J connectivity index is 0.000000555. The van der Waals surface area contributed by atoms with Crippen molar-refractivity contribution in [3.63, 3.8) is 0 Å². The normalized spacial score (nSPS) is 11.8. The molecule has 4 rings (SSSR count). The van der Waals surface area contributed by atoms with Gasteiger partial charge in [0.05, 0.1) is 18.6 Å². The van der Waals surface area contributed by atoms with Crippen molar-refractivity contribution < 1.29 is 43.0 Å². The molecule has 1 N–H and O–H groups in total. The van der Waals surface area contributed by atoms with Crippen LogP contribution in [0.4, 0.5) is 0 Å². The van der Waals surface area contributed by atoms with E-state index < -0.39 is 10.2 Å². The molecule has 33 heavy (non-hydrogen) atoms. The van der Waals surface area contributed by atoms with Crippen LogP contribution in [0.15, 0.2) is 83.3 Å². The van der Waals surface area contributed by atoms with Gasteiger partial charge in [0.2, 0.25) is 5.36 Å². The molecule has 0 atom stereocenters. The summed E-state index contributed by atoms with van der Waals surface area (Å²) in [4.78, 5) is 3.55. The van der Waals surface area contributed by atoms with Gasteiger partial charge < -0.3 is 9.15 Å². The first-order valence-corrected chi connectivity index (χ1v) is 11.4. The van der Waals surface area contributed by atoms with E-state index in [-0.39, 0.29) is 0 Å². The molecule has 9 heteroatoms. The third kappa shape index (κ3) is 7.87. The summed E-state index contributed by atoms with van der Waals surface area (Å²) in [6.07, 6.45) is 0.937. The van der Waals surface area contributed by atoms with Gasteiger partial charge in [-0.1, -0.05) is 41.9 Å². The lowest BCUT2D eigenvalue weighted by molar-refractivity contribution is -2.00. The standard InChI is InChI=1S/C24H20ClNO2.ClHO4/c1-27-20-10-7-18(8-11-20)24-16-22(21-15-19(25)9-12-23(21)28-24)26-14-13-17-5-3-2-4-6-17;2-1(3,4)5/h2-12,15-16H,13-14H2,1H3;(H,2,3,4,5). The van der Waals surface area contributed by atoms with Crippen molar-refractivity contribution in [1.29, 1.82) is 0 Å². The molecule has 0 aliphatic carbocycles. The monoisotopic (exact) mass is 489 g/mol. The Labute approximate surface area is 197 Å². The van der Waals surface area contributed by atoms with Crippen molar-refractivity contribution >= 4 is 22.6 Å². The zero-order chi connectivity index (χ0) is 23.8. The second-order valence-corrected chi connectivity index (χ2v) is 8.13. The summed E-state index contributed by atoms with van der Waals surface area (Å²) in [7, 11) is -3.28. The molecule has 0 saturated carbocycles. The topological polar surface area (TPSA) is 129 Å². The highest BCUT2D eigenvalue weighted by molar-refractivity contribution is 6.31. The molecule has 0 bridgehead atoms. The van der Waals surface area contributed by atoms with Gasteiger partial charge in [-0.25, -0.2) is 23.6 Å². The van der Waals surface area contributed by atoms with E-state index in [2.05, 4.69) is 29.3 Å². The van der Waals surface area contributed by atoms with E-state index in [1.54, 1.807) is 7.11 Å². The Morgan fingerprint density at radius 2 is 1.58 bits per heavy atom. The first-order chi connectivity index (χ1) is 15.7. The molecule has 1 aromatic heterocycles. The lowest BCUT2D eigenvalue weighted by Crippen LogP contribution is -2.77. The van der Waals surface area contributed by atoms with E-state index in [0.717, 1.165) is 46.4 Å². The number of fused-ring (bicyclic) bond motifs is 1. The summed E-state index contributed by atoms with van der Waals surface area (Å²) < 4.78 is 45.4. The second kappa shape index (κ2) is 11.3. The van der Waals surface area contributed by atoms with Crippen LogP contribution >= 0.6 is 11.6 Å². The predicted octanol–water partition coefficient (Wildman–Crippen LogP) is -0.770. The van der Waals surface area contributed by atoms with Crippen molar-refractivity contribution in [2.75, 3.05) is 13.7 Å². The zero-order valence-electron chi connectivity index (χ0n) is 17.6. The third-order valence-electron chi connectivity index (χ3n) is 4.67. The lowest BCUT2D eigenvalue weighted by Gasteiger charge is -2.17. The number of rotatable bonds is 5. The average molecular weight is 490 g/mol. The van der Waals surface area contributed by atoms with Gasteiger partial charge in [-0.15, -0.1) is 10.2 Å². The van der Waals surface area contributed by atoms with Gasteiger partial charge in [-0.2, -0.15) is 0 Å². The van der Waals surface area contributed by atoms with Gasteiger partial charge in [-0.3, -0.25) is 0 Å². The predicted molar refractivity (Wildman–Crippen MR) is 112 cm³/mol. The second-order valence-electron chi connectivity index (χ2n) is 6.93. The van der Waals surface area contributed by atoms with Crippen LogP contribution in [0, 0.1) is 10.2 Å². The van der Waals surface area contributed by atoms with Gasteiger partial charge in [0.25, 0.3) is 0 Å². The Morgan fingerprint density at radius 1 is 0.909 bits per heavy atom. The van der Waals surface area contributed by atoms with Crippen LogP contribution < -0.4 is 33.7 Å². The average Bonchev–Trinajstić information content (AvgIpc) is 2.79. The fourth-order valence-electron chi connectivity index (χ4n) is 3.19. The number of hydrogen-bond acceptors (Lipinski definition) is 6. The van der Waals surface area contributed by atoms with Gasteiger partial charge in [0.1, 0.15) is 23.6 Å². The Kier molecular flexibility index (Phi) is 8.46. The molecule has 1 heterocycles. The van der Waals surface area contributed by atoms with Crippen molar-refractivity contribution in [3.8, 4) is 17.1 Å². The highest BCUT2D eigenvalue weighted by Gasteiger charge is 2.10. The van der Waals surface area contributed by atoms with E-state index in [9.17, 15) is 0 Å². The molecule has 172 valence electrons. The lowest BCUT2D eigenvalue weighted by atomic mass is 10.1. The van der Waals surface area contributed by atoms with E-state index in [4.69, 9.17) is 39.4 Å². The Hall–Kier alpha value is -2.91. The van der Waals surface area contributed by atoms with Gasteiger partial charge in [0.15, 0.2) is 0 Å². The largest absolute Gasteiger partial charge is 0.497 e. The fraction of sp³-hybridized carbons (Fsp3) is 0.125. The molecule has 0 saturated heterocycles. The molecule has 3 aromatic carbocycles. The molecule has 0 aliphatic rings. The minimum absolute atomic E-state index is 0.686. The van der Waals surface area contributed by atoms with E-state index in [1.807, 2.05) is 54.6 Å². The Morgan fingerprint density at radius 3 is 2.21 bits per heavy atom. The first-order valence-electron chi connectivity index (χ1n) is 9.83. The number of hydrogen-bond donors (Lipinski definition) is 1. The zero-order valence-corrected chi connectivity index (χ0v) is 19.1. The molecule has 0 amide bonds. The first kappa shape index (κ1) is 24.7. The third-order valence-corrected chi connectivity index (χ3v) is 4.91. The van der Waals surface area contributed by atoms with Crippen LogP contribution in [0.5, 0.6) is 5.75 Å². The number of halogens is 2. The highest BCUT2D eigenvalue weighted by atomic mass is 35.7. The Bertz CT molecular complexity index is 1250. The summed E-state index contributed by atoms with van der Waals surface area (Å²) >= 11 is 6.23. The number of nitrogens with one attached hydrogen (secondary N) is 1. The molecule has 4 aromatic rings. The minimum Gasteiger partial charge on any atom is -0.497 e. The number of benzene rings is 3. The minimum atomic E-state index is -4.94. The molecule has 0 spiro atoms. The summed E-state index contributed by atoms with van der Waals surface area (Å²) in [6.45, 7) is 0.817. The molecule has 0 aliphatic heterocycles. The smallest absolute Gasteiger partial charge is 0.213 e. The van der Waals surface area contributed by atoms with Crippen molar-refractivity contribution in [3.05, 3.63) is 94.8 Å². The molecular weight excluding hydrogens is 469 g/mol. The molecule has 0 unspecified atom stereocenters. The van der Waals surface area contributed by atoms with Crippen LogP contribution in [-0.4, -0.2) is 13.7 Å². The maximum absolute atomic E-state index is 8.49. The summed E-state index contributed by atoms with van der Waals surface area (Å²) in [5.41, 5.74) is 3.08. The van der Waals surface area contributed by atoms with E-state index in [1.165, 1.54) is 5.56 Å². The van der Waals surface area contributed by atoms with Crippen molar-refractivity contribution in [1.82, 2.24) is 0 Å². The van der Waals surface area contributed by atoms with Crippen molar-refractivity contribution in [2.24, 2.45) is 0 Å². The molecule has 7 nitrogen and oxygen atoms in total. The van der Waals surface area contributed by atoms with Crippen molar-refractivity contribution in [2.45, 2.75) is 6.42 Å². The van der Waals surface area contributed by atoms with Crippen LogP contribution in [0.25, 0.3) is 22.3 Å². The molecular formula is C24H21Cl2NO6. The van der Waals surface area contributed by atoms with Gasteiger partial charge in [0, 0.05) is 17.0 Å². The van der Waals surface area contributed by atoms with E-state index >= 15 is 0 Å². The van der Waals surface area contributed by atoms with Crippen LogP contribution in [0.1, 0.15) is 5.56 Å². The van der Waals surface area contributed by atoms with Crippen LogP contribution in [-0.2, 0) is 6.42 Å².